The van der Waals surface area contributed by atoms with E-state index in [2.05, 4.69) is 15.2 Å². The number of ether oxygens (including phenoxy) is 4. The number of pyridine rings is 1. The van der Waals surface area contributed by atoms with Gasteiger partial charge in [0.25, 0.3) is 5.91 Å². The van der Waals surface area contributed by atoms with Gasteiger partial charge in [0.15, 0.2) is 0 Å². The van der Waals surface area contributed by atoms with E-state index in [1.54, 1.807) is 41.9 Å². The highest BCUT2D eigenvalue weighted by atomic mass is 19.3. The number of β-amino-alcohol motifs (C(OH)–C–C–N with tert-alkyl or cyclic N) is 1. The number of nitrogens with one attached hydrogen (secondary N) is 1. The third-order valence-corrected chi connectivity index (χ3v) is 8.06. The molecule has 0 radical (unpaired) electrons. The maximum atomic E-state index is 13.3. The molecule has 1 aliphatic heterocycles. The molecule has 3 aromatic rings. The highest BCUT2D eigenvalue weighted by molar-refractivity contribution is 6.01. The summed E-state index contributed by atoms with van der Waals surface area (Å²) in [6, 6.07) is 6.38. The number of nitrogens with zero attached hydrogens (tertiary/aromatic N) is 3. The van der Waals surface area contributed by atoms with E-state index in [0.717, 1.165) is 12.8 Å². The maximum Gasteiger partial charge on any atom is 0.387 e. The number of rotatable bonds is 13. The van der Waals surface area contributed by atoms with Crippen molar-refractivity contribution in [2.45, 2.75) is 58.3 Å². The molecule has 2 aliphatic rings. The average molecular weight is 617 g/mol. The predicted molar refractivity (Wildman–Crippen MR) is 156 cm³/mol. The van der Waals surface area contributed by atoms with Crippen LogP contribution in [-0.4, -0.2) is 90.0 Å². The summed E-state index contributed by atoms with van der Waals surface area (Å²) in [4.78, 5) is 31.6. The molecule has 5 rings (SSSR count). The molecular weight excluding hydrogens is 578 g/mol. The molecule has 0 bridgehead atoms. The number of benzene rings is 1. The number of imidazole rings is 1. The fourth-order valence-electron chi connectivity index (χ4n) is 5.34. The molecule has 3 heterocycles. The molecule has 1 aliphatic carbocycles. The lowest BCUT2D eigenvalue weighted by Gasteiger charge is -2.38. The van der Waals surface area contributed by atoms with Gasteiger partial charge in [-0.15, -0.1) is 0 Å². The zero-order chi connectivity index (χ0) is 31.4. The third-order valence-electron chi connectivity index (χ3n) is 8.06. The largest absolute Gasteiger partial charge is 0.496 e. The molecule has 13 heteroatoms. The van der Waals surface area contributed by atoms with Crippen molar-refractivity contribution in [2.24, 2.45) is 5.41 Å². The van der Waals surface area contributed by atoms with Crippen molar-refractivity contribution < 1.29 is 42.4 Å². The summed E-state index contributed by atoms with van der Waals surface area (Å²) in [6.45, 7) is 2.77. The van der Waals surface area contributed by atoms with E-state index in [1.807, 2.05) is 6.92 Å². The number of fused-ring (bicyclic) bond motifs is 1. The van der Waals surface area contributed by atoms with E-state index in [4.69, 9.17) is 18.9 Å². The monoisotopic (exact) mass is 616 g/mol. The Balaban J connectivity index is 1.25. The molecule has 1 aromatic carbocycles. The van der Waals surface area contributed by atoms with Crippen LogP contribution in [0, 0.1) is 5.41 Å². The van der Waals surface area contributed by atoms with Crippen LogP contribution in [0.1, 0.15) is 49.9 Å². The molecule has 44 heavy (non-hydrogen) atoms. The van der Waals surface area contributed by atoms with Crippen molar-refractivity contribution in [3.63, 3.8) is 0 Å². The molecule has 2 N–H and O–H groups in total. The van der Waals surface area contributed by atoms with E-state index >= 15 is 0 Å². The standard InChI is InChI=1S/C31H38F2N4O7/c1-4-42-29(40)31(2)8-11-36(12-9-31)17-21(38)18-43-22-7-10-37-23(16-34-26(37)15-22)19-13-24(41-3)27(25(14-19)44-30(32)33)28(39)35-20-5-6-20/h7,10,13-16,20-21,30,38H,4-6,8-9,11-12,17-18H2,1-3H3,(H,35,39). The zero-order valence-electron chi connectivity index (χ0n) is 25.1. The topological polar surface area (TPSA) is 124 Å². The van der Waals surface area contributed by atoms with E-state index < -0.39 is 24.0 Å². The number of hydrogen-bond acceptors (Lipinski definition) is 9. The van der Waals surface area contributed by atoms with Crippen molar-refractivity contribution in [1.29, 1.82) is 0 Å². The van der Waals surface area contributed by atoms with E-state index in [0.29, 0.717) is 61.7 Å². The second-order valence-corrected chi connectivity index (χ2v) is 11.5. The first-order chi connectivity index (χ1) is 21.1. The molecule has 1 saturated heterocycles. The van der Waals surface area contributed by atoms with Crippen molar-refractivity contribution in [3.05, 3.63) is 42.2 Å². The Bertz CT molecular complexity index is 1490. The van der Waals surface area contributed by atoms with Crippen LogP contribution in [0.25, 0.3) is 16.9 Å². The Kier molecular flexibility index (Phi) is 9.54. The van der Waals surface area contributed by atoms with Gasteiger partial charge >= 0.3 is 12.6 Å². The number of piperidine rings is 1. The number of methoxy groups -OCH3 is 1. The van der Waals surface area contributed by atoms with Crippen molar-refractivity contribution >= 4 is 17.5 Å². The summed E-state index contributed by atoms with van der Waals surface area (Å²) in [6.07, 6.45) is 5.53. The van der Waals surface area contributed by atoms with Gasteiger partial charge in [-0.2, -0.15) is 8.78 Å². The first-order valence-corrected chi connectivity index (χ1v) is 14.8. The minimum Gasteiger partial charge on any atom is -0.496 e. The van der Waals surface area contributed by atoms with Crippen molar-refractivity contribution in [2.75, 3.05) is 40.0 Å². The number of carbonyl (C=O) groups is 2. The Morgan fingerprint density at radius 3 is 2.57 bits per heavy atom. The van der Waals surface area contributed by atoms with Crippen LogP contribution >= 0.6 is 0 Å². The number of aromatic nitrogens is 2. The lowest BCUT2D eigenvalue weighted by Crippen LogP contribution is -2.46. The van der Waals surface area contributed by atoms with Gasteiger partial charge in [-0.05, 0) is 70.8 Å². The minimum atomic E-state index is -3.14. The summed E-state index contributed by atoms with van der Waals surface area (Å²) in [5.74, 6) is -0.414. The molecular formula is C31H38F2N4O7. The molecule has 1 atom stereocenters. The molecule has 0 spiro atoms. The minimum absolute atomic E-state index is 0.0153. The highest BCUT2D eigenvalue weighted by Gasteiger charge is 2.38. The molecule has 1 saturated carbocycles. The molecule has 11 nitrogen and oxygen atoms in total. The lowest BCUT2D eigenvalue weighted by atomic mass is 9.80. The first kappa shape index (κ1) is 31.5. The van der Waals surface area contributed by atoms with Gasteiger partial charge < -0.3 is 34.3 Å². The molecule has 1 unspecified atom stereocenters. The van der Waals surface area contributed by atoms with Gasteiger partial charge in [0.1, 0.15) is 41.2 Å². The van der Waals surface area contributed by atoms with E-state index in [9.17, 15) is 23.5 Å². The van der Waals surface area contributed by atoms with Crippen LogP contribution in [-0.2, 0) is 9.53 Å². The number of carbonyl (C=O) groups excluding carboxylic acids is 2. The molecule has 2 aromatic heterocycles. The van der Waals surface area contributed by atoms with Crippen LogP contribution in [0.5, 0.6) is 17.2 Å². The van der Waals surface area contributed by atoms with Crippen molar-refractivity contribution in [3.8, 4) is 28.5 Å². The maximum absolute atomic E-state index is 13.3. The zero-order valence-corrected chi connectivity index (χ0v) is 25.1. The third kappa shape index (κ3) is 7.21. The van der Waals surface area contributed by atoms with Gasteiger partial charge in [-0.3, -0.25) is 14.0 Å². The Hall–Kier alpha value is -3.97. The van der Waals surface area contributed by atoms with Crippen molar-refractivity contribution in [1.82, 2.24) is 19.6 Å². The summed E-state index contributed by atoms with van der Waals surface area (Å²) < 4.78 is 49.6. The molecule has 2 fully saturated rings. The number of aliphatic hydroxyl groups excluding tert-OH is 1. The second kappa shape index (κ2) is 13.3. The fourth-order valence-corrected chi connectivity index (χ4v) is 5.34. The fraction of sp³-hybridized carbons (Fsp3) is 0.516. The predicted octanol–water partition coefficient (Wildman–Crippen LogP) is 3.91. The number of likely N-dealkylation sites (tertiary alicyclic amines) is 1. The van der Waals surface area contributed by atoms with Gasteiger partial charge in [-0.1, -0.05) is 0 Å². The van der Waals surface area contributed by atoms with Crippen LogP contribution in [0.3, 0.4) is 0 Å². The number of hydrogen-bond donors (Lipinski definition) is 2. The number of esters is 1. The summed E-state index contributed by atoms with van der Waals surface area (Å²) in [5, 5.41) is 13.4. The van der Waals surface area contributed by atoms with E-state index in [1.165, 1.54) is 13.2 Å². The van der Waals surface area contributed by atoms with Gasteiger partial charge in [0, 0.05) is 30.4 Å². The quantitative estimate of drug-likeness (QED) is 0.275. The summed E-state index contributed by atoms with van der Waals surface area (Å²) >= 11 is 0. The number of amides is 1. The smallest absolute Gasteiger partial charge is 0.387 e. The molecule has 238 valence electrons. The second-order valence-electron chi connectivity index (χ2n) is 11.5. The average Bonchev–Trinajstić information content (AvgIpc) is 3.71. The summed E-state index contributed by atoms with van der Waals surface area (Å²) in [5.41, 5.74) is 0.939. The van der Waals surface area contributed by atoms with Crippen LogP contribution in [0.4, 0.5) is 8.78 Å². The van der Waals surface area contributed by atoms with Crippen LogP contribution in [0.2, 0.25) is 0 Å². The number of halogens is 2. The molecule has 1 amide bonds. The van der Waals surface area contributed by atoms with Crippen LogP contribution in [0.15, 0.2) is 36.7 Å². The van der Waals surface area contributed by atoms with Gasteiger partial charge in [-0.25, -0.2) is 4.98 Å². The number of alkyl halides is 2. The number of aliphatic hydroxyl groups is 1. The Morgan fingerprint density at radius 1 is 1.18 bits per heavy atom. The highest BCUT2D eigenvalue weighted by Crippen LogP contribution is 2.37. The SMILES string of the molecule is CCOC(=O)C1(C)CCN(CC(O)COc2ccn3c(-c4cc(OC)c(C(=O)NC5CC5)c(OC(F)F)c4)cnc3c2)CC1. The first-order valence-electron chi connectivity index (χ1n) is 14.8. The summed E-state index contributed by atoms with van der Waals surface area (Å²) in [7, 11) is 1.36. The van der Waals surface area contributed by atoms with Gasteiger partial charge in [0.2, 0.25) is 0 Å². The van der Waals surface area contributed by atoms with E-state index in [-0.39, 0.29) is 35.7 Å². The van der Waals surface area contributed by atoms with Crippen LogP contribution < -0.4 is 19.5 Å². The van der Waals surface area contributed by atoms with Gasteiger partial charge in [0.05, 0.1) is 31.0 Å². The Labute approximate surface area is 254 Å². The lowest BCUT2D eigenvalue weighted by molar-refractivity contribution is -0.157. The Morgan fingerprint density at radius 2 is 1.91 bits per heavy atom. The normalized spacial score (nSPS) is 17.3.